The van der Waals surface area contributed by atoms with E-state index < -0.39 is 5.54 Å². The SMILES string of the molecule is COc1cc(C(=O)N2CCN(C(C)(C)c3cn(C4CCCN(c5ccc(Br)cc5)C4=O)nn3)CC2)cc(OC)c1C(C)C. The van der Waals surface area contributed by atoms with Gasteiger partial charge in [-0.3, -0.25) is 14.5 Å². The second-order valence-corrected chi connectivity index (χ2v) is 12.9. The van der Waals surface area contributed by atoms with Crippen LogP contribution >= 0.6 is 15.9 Å². The molecule has 0 radical (unpaired) electrons. The maximum atomic E-state index is 13.5. The third-order valence-corrected chi connectivity index (χ3v) is 9.26. The predicted molar refractivity (Wildman–Crippen MR) is 169 cm³/mol. The van der Waals surface area contributed by atoms with E-state index in [1.165, 1.54) is 0 Å². The minimum absolute atomic E-state index is 0.0321. The van der Waals surface area contributed by atoms with E-state index in [-0.39, 0.29) is 23.8 Å². The normalized spacial score (nSPS) is 18.3. The lowest BCUT2D eigenvalue weighted by molar-refractivity contribution is -0.123. The van der Waals surface area contributed by atoms with Crippen molar-refractivity contribution in [3.05, 3.63) is 63.9 Å². The van der Waals surface area contributed by atoms with Gasteiger partial charge >= 0.3 is 0 Å². The highest BCUT2D eigenvalue weighted by Crippen LogP contribution is 2.37. The lowest BCUT2D eigenvalue weighted by atomic mass is 9.96. The molecule has 1 aromatic heterocycles. The first kappa shape index (κ1) is 31.0. The van der Waals surface area contributed by atoms with Crippen LogP contribution in [0.5, 0.6) is 11.5 Å². The second kappa shape index (κ2) is 12.7. The van der Waals surface area contributed by atoms with Crippen molar-refractivity contribution in [2.45, 2.75) is 58.0 Å². The molecule has 43 heavy (non-hydrogen) atoms. The van der Waals surface area contributed by atoms with E-state index in [4.69, 9.17) is 9.47 Å². The van der Waals surface area contributed by atoms with Crippen molar-refractivity contribution >= 4 is 33.4 Å². The summed E-state index contributed by atoms with van der Waals surface area (Å²) in [6, 6.07) is 11.1. The van der Waals surface area contributed by atoms with E-state index in [1.807, 2.05) is 52.4 Å². The fraction of sp³-hybridized carbons (Fsp3) is 0.500. The Morgan fingerprint density at radius 3 is 2.21 bits per heavy atom. The van der Waals surface area contributed by atoms with Crippen LogP contribution in [0.2, 0.25) is 0 Å². The van der Waals surface area contributed by atoms with Gasteiger partial charge in [-0.1, -0.05) is 35.0 Å². The molecule has 2 aliphatic rings. The maximum absolute atomic E-state index is 13.5. The molecule has 2 fully saturated rings. The first-order valence-corrected chi connectivity index (χ1v) is 15.6. The van der Waals surface area contributed by atoms with Gasteiger partial charge in [0.2, 0.25) is 0 Å². The molecule has 3 aromatic rings. The van der Waals surface area contributed by atoms with E-state index >= 15 is 0 Å². The summed E-state index contributed by atoms with van der Waals surface area (Å²) in [5.41, 5.74) is 2.78. The van der Waals surface area contributed by atoms with Gasteiger partial charge in [-0.05, 0) is 69.0 Å². The van der Waals surface area contributed by atoms with Crippen molar-refractivity contribution in [3.63, 3.8) is 0 Å². The van der Waals surface area contributed by atoms with Gasteiger partial charge in [-0.25, -0.2) is 4.68 Å². The maximum Gasteiger partial charge on any atom is 0.254 e. The van der Waals surface area contributed by atoms with Crippen molar-refractivity contribution in [1.29, 1.82) is 0 Å². The third kappa shape index (κ3) is 6.15. The van der Waals surface area contributed by atoms with Gasteiger partial charge < -0.3 is 19.3 Å². The lowest BCUT2D eigenvalue weighted by Crippen LogP contribution is -2.54. The molecule has 0 aliphatic carbocycles. The van der Waals surface area contributed by atoms with Crippen LogP contribution in [0.25, 0.3) is 0 Å². The molecule has 2 amide bonds. The van der Waals surface area contributed by atoms with Gasteiger partial charge in [0.1, 0.15) is 23.2 Å². The Morgan fingerprint density at radius 1 is 1.00 bits per heavy atom. The summed E-state index contributed by atoms with van der Waals surface area (Å²) in [7, 11) is 3.24. The number of aromatic nitrogens is 3. The minimum Gasteiger partial charge on any atom is -0.496 e. The Hall–Kier alpha value is -3.44. The van der Waals surface area contributed by atoms with Crippen molar-refractivity contribution in [2.24, 2.45) is 0 Å². The molecule has 230 valence electrons. The summed E-state index contributed by atoms with van der Waals surface area (Å²) in [6.07, 6.45) is 3.53. The average molecular weight is 654 g/mol. The lowest BCUT2D eigenvalue weighted by Gasteiger charge is -2.43. The molecule has 0 bridgehead atoms. The van der Waals surface area contributed by atoms with Crippen LogP contribution in [0.4, 0.5) is 5.69 Å². The van der Waals surface area contributed by atoms with Crippen LogP contribution in [0.1, 0.15) is 74.1 Å². The number of piperazine rings is 1. The summed E-state index contributed by atoms with van der Waals surface area (Å²) < 4.78 is 14.0. The van der Waals surface area contributed by atoms with Crippen LogP contribution in [-0.4, -0.2) is 83.6 Å². The van der Waals surface area contributed by atoms with E-state index in [0.717, 1.165) is 34.3 Å². The Labute approximate surface area is 262 Å². The predicted octanol–water partition coefficient (Wildman–Crippen LogP) is 5.24. The monoisotopic (exact) mass is 652 g/mol. The molecule has 2 saturated heterocycles. The number of ether oxygens (including phenoxy) is 2. The van der Waals surface area contributed by atoms with Crippen LogP contribution in [0.3, 0.4) is 0 Å². The Morgan fingerprint density at radius 2 is 1.63 bits per heavy atom. The van der Waals surface area contributed by atoms with Gasteiger partial charge in [0.05, 0.1) is 26.0 Å². The summed E-state index contributed by atoms with van der Waals surface area (Å²) in [5, 5.41) is 8.96. The first-order chi connectivity index (χ1) is 20.5. The molecule has 1 atom stereocenters. The number of rotatable bonds is 8. The van der Waals surface area contributed by atoms with Gasteiger partial charge in [0.25, 0.3) is 11.8 Å². The number of amides is 2. The number of halogens is 1. The van der Waals surface area contributed by atoms with Gasteiger partial charge in [-0.2, -0.15) is 0 Å². The molecule has 3 heterocycles. The number of hydrogen-bond donors (Lipinski definition) is 0. The van der Waals surface area contributed by atoms with Gasteiger partial charge in [0.15, 0.2) is 0 Å². The Balaban J connectivity index is 1.26. The minimum atomic E-state index is -0.429. The summed E-state index contributed by atoms with van der Waals surface area (Å²) in [5.74, 6) is 1.51. The molecular weight excluding hydrogens is 612 g/mol. The van der Waals surface area contributed by atoms with E-state index in [2.05, 4.69) is 58.8 Å². The van der Waals surface area contributed by atoms with E-state index in [9.17, 15) is 9.59 Å². The van der Waals surface area contributed by atoms with Crippen LogP contribution in [0, 0.1) is 0 Å². The van der Waals surface area contributed by atoms with E-state index in [0.29, 0.717) is 49.8 Å². The number of piperidine rings is 1. The fourth-order valence-corrected chi connectivity index (χ4v) is 6.40. The summed E-state index contributed by atoms with van der Waals surface area (Å²) >= 11 is 3.47. The molecule has 11 heteroatoms. The van der Waals surface area contributed by atoms with Gasteiger partial charge in [0, 0.05) is 54.0 Å². The van der Waals surface area contributed by atoms with Crippen molar-refractivity contribution in [2.75, 3.05) is 51.8 Å². The number of methoxy groups -OCH3 is 2. The number of carbonyl (C=O) groups excluding carboxylic acids is 2. The van der Waals surface area contributed by atoms with Gasteiger partial charge in [-0.15, -0.1) is 5.10 Å². The largest absolute Gasteiger partial charge is 0.496 e. The molecule has 5 rings (SSSR count). The number of benzene rings is 2. The quantitative estimate of drug-likeness (QED) is 0.328. The van der Waals surface area contributed by atoms with Crippen LogP contribution < -0.4 is 14.4 Å². The van der Waals surface area contributed by atoms with Crippen molar-refractivity contribution in [3.8, 4) is 11.5 Å². The molecule has 2 aromatic carbocycles. The number of nitrogens with zero attached hydrogens (tertiary/aromatic N) is 6. The second-order valence-electron chi connectivity index (χ2n) is 12.0. The molecule has 0 N–H and O–H groups in total. The number of carbonyl (C=O) groups is 2. The Kier molecular flexibility index (Phi) is 9.12. The third-order valence-electron chi connectivity index (χ3n) is 8.73. The number of anilines is 1. The number of hydrogen-bond acceptors (Lipinski definition) is 7. The summed E-state index contributed by atoms with van der Waals surface area (Å²) in [6.45, 7) is 11.6. The average Bonchev–Trinajstić information content (AvgIpc) is 3.52. The smallest absolute Gasteiger partial charge is 0.254 e. The topological polar surface area (TPSA) is 93.0 Å². The molecule has 1 unspecified atom stereocenters. The van der Waals surface area contributed by atoms with E-state index in [1.54, 1.807) is 18.9 Å². The Bertz CT molecular complexity index is 1440. The molecule has 0 saturated carbocycles. The highest BCUT2D eigenvalue weighted by atomic mass is 79.9. The molecule has 2 aliphatic heterocycles. The van der Waals surface area contributed by atoms with Crippen LogP contribution in [-0.2, 0) is 10.3 Å². The molecule has 0 spiro atoms. The fourth-order valence-electron chi connectivity index (χ4n) is 6.13. The zero-order valence-electron chi connectivity index (χ0n) is 25.8. The zero-order valence-corrected chi connectivity index (χ0v) is 27.4. The van der Waals surface area contributed by atoms with Crippen LogP contribution in [0.15, 0.2) is 47.1 Å². The summed E-state index contributed by atoms with van der Waals surface area (Å²) in [4.78, 5) is 33.1. The molecular formula is C32H41BrN6O4. The van der Waals surface area contributed by atoms with Crippen molar-refractivity contribution in [1.82, 2.24) is 24.8 Å². The first-order valence-electron chi connectivity index (χ1n) is 14.8. The van der Waals surface area contributed by atoms with Crippen molar-refractivity contribution < 1.29 is 19.1 Å². The highest BCUT2D eigenvalue weighted by molar-refractivity contribution is 9.10. The molecule has 10 nitrogen and oxygen atoms in total. The standard InChI is InChI=1S/C32H41BrN6O4/c1-21(2)29-26(42-5)18-22(19-27(29)43-6)30(40)36-14-16-37(17-15-36)32(3,4)28-20-39(35-34-28)25-8-7-13-38(31(25)41)24-11-9-23(33)10-12-24/h9-12,18-21,25H,7-8,13-17H2,1-6H3. The highest BCUT2D eigenvalue weighted by Gasteiger charge is 2.37. The zero-order chi connectivity index (χ0) is 30.9.